The fourth-order valence-corrected chi connectivity index (χ4v) is 4.33. The number of nitrogens with zero attached hydrogens (tertiary/aromatic N) is 2. The van der Waals surface area contributed by atoms with Crippen LogP contribution in [0.1, 0.15) is 72.6 Å². The van der Waals surface area contributed by atoms with Crippen LogP contribution in [-0.4, -0.2) is 22.8 Å². The van der Waals surface area contributed by atoms with Crippen molar-refractivity contribution >= 4 is 17.5 Å². The summed E-state index contributed by atoms with van der Waals surface area (Å²) in [7, 11) is 0. The van der Waals surface area contributed by atoms with Gasteiger partial charge in [0.2, 0.25) is 5.91 Å². The lowest BCUT2D eigenvalue weighted by atomic mass is 10.1. The molecule has 1 aliphatic heterocycles. The van der Waals surface area contributed by atoms with Crippen molar-refractivity contribution in [1.29, 1.82) is 0 Å². The van der Waals surface area contributed by atoms with Gasteiger partial charge in [-0.2, -0.15) is 0 Å². The minimum atomic E-state index is -0.364. The van der Waals surface area contributed by atoms with Crippen molar-refractivity contribution in [2.75, 3.05) is 4.90 Å². The SMILES string of the molecule is Cc1ccc(N2C(=O)c3cccnc3[C@@H]2CC(=O)NC2CCCCCC2)cc1. The Labute approximate surface area is 166 Å². The van der Waals surface area contributed by atoms with Gasteiger partial charge in [-0.15, -0.1) is 0 Å². The third-order valence-corrected chi connectivity index (χ3v) is 5.83. The molecule has 5 nitrogen and oxygen atoms in total. The summed E-state index contributed by atoms with van der Waals surface area (Å²) in [6.45, 7) is 2.02. The van der Waals surface area contributed by atoms with Crippen LogP contribution in [-0.2, 0) is 4.79 Å². The molecule has 2 aromatic rings. The van der Waals surface area contributed by atoms with Gasteiger partial charge in [0.05, 0.1) is 23.7 Å². The normalized spacial score (nSPS) is 20.0. The van der Waals surface area contributed by atoms with Crippen LogP contribution in [0, 0.1) is 6.92 Å². The number of carbonyl (C=O) groups is 2. The highest BCUT2D eigenvalue weighted by Gasteiger charge is 2.40. The van der Waals surface area contributed by atoms with Gasteiger partial charge in [-0.1, -0.05) is 43.4 Å². The molecule has 2 aliphatic rings. The molecule has 0 spiro atoms. The van der Waals surface area contributed by atoms with Crippen LogP contribution in [0.3, 0.4) is 0 Å². The van der Waals surface area contributed by atoms with E-state index in [9.17, 15) is 9.59 Å². The predicted octanol–water partition coefficient (Wildman–Crippen LogP) is 4.32. The van der Waals surface area contributed by atoms with Gasteiger partial charge in [0.25, 0.3) is 5.91 Å². The van der Waals surface area contributed by atoms with E-state index in [0.29, 0.717) is 11.3 Å². The molecular formula is C23H27N3O2. The average molecular weight is 377 g/mol. The highest BCUT2D eigenvalue weighted by Crippen LogP contribution is 2.38. The van der Waals surface area contributed by atoms with E-state index >= 15 is 0 Å². The van der Waals surface area contributed by atoms with E-state index in [1.165, 1.54) is 25.7 Å². The fourth-order valence-electron chi connectivity index (χ4n) is 4.33. The molecule has 146 valence electrons. The third kappa shape index (κ3) is 3.79. The molecule has 2 amide bonds. The first-order valence-electron chi connectivity index (χ1n) is 10.3. The summed E-state index contributed by atoms with van der Waals surface area (Å²) in [6, 6.07) is 11.3. The minimum Gasteiger partial charge on any atom is -0.353 e. The number of nitrogens with one attached hydrogen (secondary N) is 1. The third-order valence-electron chi connectivity index (χ3n) is 5.83. The number of pyridine rings is 1. The maximum Gasteiger partial charge on any atom is 0.260 e. The van der Waals surface area contributed by atoms with E-state index in [-0.39, 0.29) is 30.3 Å². The van der Waals surface area contributed by atoms with Gasteiger partial charge in [0.15, 0.2) is 0 Å². The molecule has 1 aliphatic carbocycles. The number of benzene rings is 1. The molecule has 1 N–H and O–H groups in total. The standard InChI is InChI=1S/C23H27N3O2/c1-16-10-12-18(13-11-16)26-20(22-19(23(26)28)9-6-14-24-22)15-21(27)25-17-7-4-2-3-5-8-17/h6,9-14,17,20H,2-5,7-8,15H2,1H3,(H,25,27)/t20-/m0/s1. The van der Waals surface area contributed by atoms with Crippen molar-refractivity contribution in [1.82, 2.24) is 10.3 Å². The Morgan fingerprint density at radius 3 is 2.54 bits per heavy atom. The molecule has 1 saturated carbocycles. The first kappa shape index (κ1) is 18.7. The number of carbonyl (C=O) groups excluding carboxylic acids is 2. The summed E-state index contributed by atoms with van der Waals surface area (Å²) in [4.78, 5) is 32.1. The number of hydrogen-bond acceptors (Lipinski definition) is 3. The van der Waals surface area contributed by atoms with Gasteiger partial charge in [-0.3, -0.25) is 19.5 Å². The Morgan fingerprint density at radius 2 is 1.82 bits per heavy atom. The lowest BCUT2D eigenvalue weighted by Crippen LogP contribution is -2.37. The van der Waals surface area contributed by atoms with Crippen LogP contribution in [0.4, 0.5) is 5.69 Å². The summed E-state index contributed by atoms with van der Waals surface area (Å²) in [5, 5.41) is 3.21. The van der Waals surface area contributed by atoms with Crippen molar-refractivity contribution in [2.45, 2.75) is 64.0 Å². The maximum absolute atomic E-state index is 13.1. The first-order valence-corrected chi connectivity index (χ1v) is 10.3. The molecule has 1 atom stereocenters. The van der Waals surface area contributed by atoms with Gasteiger partial charge in [0, 0.05) is 17.9 Å². The highest BCUT2D eigenvalue weighted by molar-refractivity contribution is 6.11. The molecule has 1 fully saturated rings. The van der Waals surface area contributed by atoms with Gasteiger partial charge in [-0.25, -0.2) is 0 Å². The second-order valence-corrected chi connectivity index (χ2v) is 7.92. The quantitative estimate of drug-likeness (QED) is 0.807. The van der Waals surface area contributed by atoms with Crippen LogP contribution in [0.15, 0.2) is 42.6 Å². The number of amides is 2. The Hall–Kier alpha value is -2.69. The number of rotatable bonds is 4. The molecule has 1 aromatic heterocycles. The van der Waals surface area contributed by atoms with E-state index in [2.05, 4.69) is 10.3 Å². The molecule has 1 aromatic carbocycles. The van der Waals surface area contributed by atoms with Crippen molar-refractivity contribution in [2.24, 2.45) is 0 Å². The van der Waals surface area contributed by atoms with Crippen molar-refractivity contribution in [3.63, 3.8) is 0 Å². The Morgan fingerprint density at radius 1 is 1.11 bits per heavy atom. The molecule has 0 unspecified atom stereocenters. The number of hydrogen-bond donors (Lipinski definition) is 1. The van der Waals surface area contributed by atoms with E-state index in [1.807, 2.05) is 31.2 Å². The second kappa shape index (κ2) is 8.13. The molecule has 2 heterocycles. The monoisotopic (exact) mass is 377 g/mol. The molecule has 0 radical (unpaired) electrons. The summed E-state index contributed by atoms with van der Waals surface area (Å²) in [5.74, 6) is -0.0838. The predicted molar refractivity (Wildman–Crippen MR) is 109 cm³/mol. The molecule has 0 bridgehead atoms. The van der Waals surface area contributed by atoms with Gasteiger partial charge < -0.3 is 5.32 Å². The van der Waals surface area contributed by atoms with Crippen LogP contribution >= 0.6 is 0 Å². The lowest BCUT2D eigenvalue weighted by molar-refractivity contribution is -0.122. The fraction of sp³-hybridized carbons (Fsp3) is 0.435. The number of anilines is 1. The van der Waals surface area contributed by atoms with Crippen LogP contribution in [0.2, 0.25) is 0 Å². The zero-order chi connectivity index (χ0) is 19.5. The van der Waals surface area contributed by atoms with E-state index < -0.39 is 0 Å². The number of fused-ring (bicyclic) bond motifs is 1. The smallest absolute Gasteiger partial charge is 0.260 e. The van der Waals surface area contributed by atoms with Crippen molar-refractivity contribution in [3.8, 4) is 0 Å². The van der Waals surface area contributed by atoms with E-state index in [0.717, 1.165) is 24.1 Å². The average Bonchev–Trinajstić information content (AvgIpc) is 2.85. The van der Waals surface area contributed by atoms with E-state index in [4.69, 9.17) is 0 Å². The first-order chi connectivity index (χ1) is 13.6. The van der Waals surface area contributed by atoms with Gasteiger partial charge in [-0.05, 0) is 44.0 Å². The summed E-state index contributed by atoms with van der Waals surface area (Å²) in [5.41, 5.74) is 3.23. The molecule has 28 heavy (non-hydrogen) atoms. The van der Waals surface area contributed by atoms with Gasteiger partial charge in [0.1, 0.15) is 0 Å². The van der Waals surface area contributed by atoms with Crippen molar-refractivity contribution < 1.29 is 9.59 Å². The molecular weight excluding hydrogens is 350 g/mol. The lowest BCUT2D eigenvalue weighted by Gasteiger charge is -2.26. The largest absolute Gasteiger partial charge is 0.353 e. The summed E-state index contributed by atoms with van der Waals surface area (Å²) in [6.07, 6.45) is 8.88. The summed E-state index contributed by atoms with van der Waals surface area (Å²) < 4.78 is 0. The zero-order valence-corrected chi connectivity index (χ0v) is 16.4. The molecule has 0 saturated heterocycles. The topological polar surface area (TPSA) is 62.3 Å². The van der Waals surface area contributed by atoms with Crippen molar-refractivity contribution in [3.05, 3.63) is 59.4 Å². The Kier molecular flexibility index (Phi) is 5.42. The Bertz CT molecular complexity index is 854. The van der Waals surface area contributed by atoms with Crippen LogP contribution in [0.5, 0.6) is 0 Å². The molecule has 4 rings (SSSR count). The number of aromatic nitrogens is 1. The molecule has 5 heteroatoms. The summed E-state index contributed by atoms with van der Waals surface area (Å²) >= 11 is 0. The minimum absolute atomic E-state index is 0.000291. The second-order valence-electron chi connectivity index (χ2n) is 7.92. The van der Waals surface area contributed by atoms with E-state index in [1.54, 1.807) is 23.2 Å². The van der Waals surface area contributed by atoms with Crippen LogP contribution in [0.25, 0.3) is 0 Å². The van der Waals surface area contributed by atoms with Gasteiger partial charge >= 0.3 is 0 Å². The Balaban J connectivity index is 1.57. The van der Waals surface area contributed by atoms with Crippen LogP contribution < -0.4 is 10.2 Å². The zero-order valence-electron chi connectivity index (χ0n) is 16.4. The number of aryl methyl sites for hydroxylation is 1. The maximum atomic E-state index is 13.1. The highest BCUT2D eigenvalue weighted by atomic mass is 16.2.